The molecule has 0 aromatic rings. The number of halogens is 1. The number of carbonyl (C=O) groups is 3. The number of hydrogen-bond donors (Lipinski definition) is 0. The van der Waals surface area contributed by atoms with E-state index in [1.54, 1.807) is 6.92 Å². The molecule has 2 heterocycles. The zero-order valence-corrected chi connectivity index (χ0v) is 12.8. The molecule has 2 aliphatic heterocycles. The van der Waals surface area contributed by atoms with Crippen LogP contribution in [0.2, 0.25) is 0 Å². The standard InChI is InChI=1S/C12H14ClNO5S/c1-6(15)19-8-5-20-11-12(2,13)10(17)14(11)9(8)7(16)4-18-3/h11H,4-5H2,1-3H3/t11-,12-/m0/s1. The topological polar surface area (TPSA) is 72.9 Å². The molecule has 2 atom stereocenters. The van der Waals surface area contributed by atoms with Gasteiger partial charge in [0, 0.05) is 14.0 Å². The first-order valence-corrected chi connectivity index (χ1v) is 7.31. The Bertz CT molecular complexity index is 516. The Morgan fingerprint density at radius 2 is 2.20 bits per heavy atom. The summed E-state index contributed by atoms with van der Waals surface area (Å²) < 4.78 is 9.85. The van der Waals surface area contributed by atoms with Crippen LogP contribution in [-0.2, 0) is 23.9 Å². The van der Waals surface area contributed by atoms with Crippen LogP contribution in [0.15, 0.2) is 11.5 Å². The number of fused-ring (bicyclic) bond motifs is 1. The zero-order chi connectivity index (χ0) is 15.1. The molecular formula is C12H14ClNO5S. The van der Waals surface area contributed by atoms with E-state index in [0.29, 0.717) is 5.75 Å². The average Bonchev–Trinajstić information content (AvgIpc) is 2.37. The summed E-state index contributed by atoms with van der Waals surface area (Å²) in [6.07, 6.45) is 0. The minimum Gasteiger partial charge on any atom is -0.428 e. The number of esters is 1. The molecular weight excluding hydrogens is 306 g/mol. The SMILES string of the molecule is COCC(=O)C1=C(OC(C)=O)CS[C@@H]2N1C(=O)[C@]2(C)Cl. The molecule has 1 saturated heterocycles. The van der Waals surface area contributed by atoms with Crippen molar-refractivity contribution in [3.63, 3.8) is 0 Å². The van der Waals surface area contributed by atoms with E-state index < -0.39 is 16.6 Å². The Labute approximate surface area is 125 Å². The van der Waals surface area contributed by atoms with E-state index in [4.69, 9.17) is 21.1 Å². The summed E-state index contributed by atoms with van der Waals surface area (Å²) in [6.45, 7) is 2.66. The lowest BCUT2D eigenvalue weighted by atomic mass is 9.96. The van der Waals surface area contributed by atoms with Crippen LogP contribution in [0.25, 0.3) is 0 Å². The number of nitrogens with zero attached hydrogens (tertiary/aromatic N) is 1. The highest BCUT2D eigenvalue weighted by Crippen LogP contribution is 2.49. The van der Waals surface area contributed by atoms with Crippen LogP contribution in [0.1, 0.15) is 13.8 Å². The fraction of sp³-hybridized carbons (Fsp3) is 0.583. The van der Waals surface area contributed by atoms with Crippen molar-refractivity contribution < 1.29 is 23.9 Å². The van der Waals surface area contributed by atoms with E-state index in [0.717, 1.165) is 0 Å². The van der Waals surface area contributed by atoms with Gasteiger partial charge >= 0.3 is 5.97 Å². The van der Waals surface area contributed by atoms with Crippen LogP contribution < -0.4 is 0 Å². The number of thioether (sulfide) groups is 1. The number of Topliss-reactive ketones (excluding diaryl/α,β-unsaturated/α-hetero) is 1. The van der Waals surface area contributed by atoms with Crippen molar-refractivity contribution in [2.75, 3.05) is 19.5 Å². The van der Waals surface area contributed by atoms with Crippen LogP contribution in [0.3, 0.4) is 0 Å². The van der Waals surface area contributed by atoms with Crippen molar-refractivity contribution in [3.8, 4) is 0 Å². The molecule has 0 bridgehead atoms. The number of amides is 1. The van der Waals surface area contributed by atoms with Gasteiger partial charge in [-0.25, -0.2) is 0 Å². The third-order valence-corrected chi connectivity index (χ3v) is 4.94. The van der Waals surface area contributed by atoms with Gasteiger partial charge < -0.3 is 9.47 Å². The largest absolute Gasteiger partial charge is 0.428 e. The van der Waals surface area contributed by atoms with E-state index in [2.05, 4.69) is 0 Å². The summed E-state index contributed by atoms with van der Waals surface area (Å²) >= 11 is 7.50. The van der Waals surface area contributed by atoms with Crippen LogP contribution >= 0.6 is 23.4 Å². The van der Waals surface area contributed by atoms with Gasteiger partial charge in [0.05, 0.1) is 5.75 Å². The molecule has 0 aliphatic carbocycles. The maximum absolute atomic E-state index is 12.1. The lowest BCUT2D eigenvalue weighted by Gasteiger charge is -2.52. The number of ketones is 1. The maximum Gasteiger partial charge on any atom is 0.307 e. The minimum absolute atomic E-state index is 0.0777. The first-order chi connectivity index (χ1) is 9.30. The van der Waals surface area contributed by atoms with Crippen molar-refractivity contribution in [1.82, 2.24) is 4.90 Å². The number of hydrogen-bond acceptors (Lipinski definition) is 6. The Morgan fingerprint density at radius 3 is 2.75 bits per heavy atom. The van der Waals surface area contributed by atoms with Crippen molar-refractivity contribution in [1.29, 1.82) is 0 Å². The lowest BCUT2D eigenvalue weighted by Crippen LogP contribution is -2.69. The predicted molar refractivity (Wildman–Crippen MR) is 73.0 cm³/mol. The fourth-order valence-electron chi connectivity index (χ4n) is 2.17. The molecule has 0 N–H and O–H groups in total. The van der Waals surface area contributed by atoms with Crippen molar-refractivity contribution in [3.05, 3.63) is 11.5 Å². The molecule has 2 rings (SSSR count). The number of carbonyl (C=O) groups excluding carboxylic acids is 3. The third-order valence-electron chi connectivity index (χ3n) is 3.02. The molecule has 2 aliphatic rings. The molecule has 6 nitrogen and oxygen atoms in total. The number of rotatable bonds is 4. The van der Waals surface area contributed by atoms with Crippen molar-refractivity contribution >= 4 is 41.0 Å². The third kappa shape index (κ3) is 2.34. The molecule has 0 spiro atoms. The summed E-state index contributed by atoms with van der Waals surface area (Å²) in [5, 5.41) is -0.341. The second-order valence-electron chi connectivity index (χ2n) is 4.64. The normalized spacial score (nSPS) is 28.9. The number of methoxy groups -OCH3 is 1. The van der Waals surface area contributed by atoms with Crippen LogP contribution in [0.5, 0.6) is 0 Å². The highest BCUT2D eigenvalue weighted by atomic mass is 35.5. The lowest BCUT2D eigenvalue weighted by molar-refractivity contribution is -0.147. The summed E-state index contributed by atoms with van der Waals surface area (Å²) in [6, 6.07) is 0. The molecule has 0 aromatic carbocycles. The average molecular weight is 320 g/mol. The second kappa shape index (κ2) is 5.38. The van der Waals surface area contributed by atoms with Crippen LogP contribution in [0, 0.1) is 0 Å². The van der Waals surface area contributed by atoms with E-state index >= 15 is 0 Å². The van der Waals surface area contributed by atoms with Gasteiger partial charge in [-0.2, -0.15) is 0 Å². The summed E-state index contributed by atoms with van der Waals surface area (Å²) in [7, 11) is 1.38. The Morgan fingerprint density at radius 1 is 1.55 bits per heavy atom. The van der Waals surface area contributed by atoms with Gasteiger partial charge in [0.1, 0.15) is 23.4 Å². The summed E-state index contributed by atoms with van der Waals surface area (Å²) in [5.74, 6) is -0.832. The van der Waals surface area contributed by atoms with E-state index in [9.17, 15) is 14.4 Å². The predicted octanol–water partition coefficient (Wildman–Crippen LogP) is 0.889. The van der Waals surface area contributed by atoms with Gasteiger partial charge in [0.15, 0.2) is 4.87 Å². The molecule has 0 unspecified atom stereocenters. The van der Waals surface area contributed by atoms with E-state index in [-0.39, 0.29) is 29.3 Å². The molecule has 0 saturated carbocycles. The summed E-state index contributed by atoms with van der Waals surface area (Å²) in [4.78, 5) is 35.6. The highest BCUT2D eigenvalue weighted by Gasteiger charge is 2.61. The van der Waals surface area contributed by atoms with Crippen LogP contribution in [0.4, 0.5) is 0 Å². The minimum atomic E-state index is -1.04. The molecule has 20 heavy (non-hydrogen) atoms. The Hall–Kier alpha value is -1.05. The number of alkyl halides is 1. The van der Waals surface area contributed by atoms with Crippen molar-refractivity contribution in [2.45, 2.75) is 24.1 Å². The molecule has 110 valence electrons. The first kappa shape index (κ1) is 15.3. The Kier molecular flexibility index (Phi) is 4.13. The number of ether oxygens (including phenoxy) is 2. The summed E-state index contributed by atoms with van der Waals surface area (Å²) in [5.41, 5.74) is 0.0777. The van der Waals surface area contributed by atoms with Gasteiger partial charge in [0.25, 0.3) is 5.91 Å². The van der Waals surface area contributed by atoms with E-state index in [1.807, 2.05) is 0 Å². The zero-order valence-electron chi connectivity index (χ0n) is 11.3. The number of β-lactam (4-membered cyclic amide) rings is 1. The molecule has 0 aromatic heterocycles. The van der Waals surface area contributed by atoms with Crippen molar-refractivity contribution in [2.24, 2.45) is 0 Å². The fourth-order valence-corrected chi connectivity index (χ4v) is 3.82. The van der Waals surface area contributed by atoms with E-state index in [1.165, 1.54) is 30.7 Å². The molecule has 1 amide bonds. The smallest absolute Gasteiger partial charge is 0.307 e. The molecule has 8 heteroatoms. The van der Waals surface area contributed by atoms with Gasteiger partial charge in [0.2, 0.25) is 5.78 Å². The Balaban J connectivity index is 2.38. The van der Waals surface area contributed by atoms with Gasteiger partial charge in [-0.15, -0.1) is 23.4 Å². The maximum atomic E-state index is 12.1. The van der Waals surface area contributed by atoms with Crippen LogP contribution in [-0.4, -0.2) is 52.3 Å². The monoisotopic (exact) mass is 319 g/mol. The first-order valence-electron chi connectivity index (χ1n) is 5.88. The van der Waals surface area contributed by atoms with Gasteiger partial charge in [-0.1, -0.05) is 0 Å². The van der Waals surface area contributed by atoms with Gasteiger partial charge in [-0.3, -0.25) is 19.3 Å². The molecule has 0 radical (unpaired) electrons. The van der Waals surface area contributed by atoms with Gasteiger partial charge in [-0.05, 0) is 6.92 Å². The quantitative estimate of drug-likeness (QED) is 0.435. The second-order valence-corrected chi connectivity index (χ2v) is 6.49. The molecule has 1 fully saturated rings. The highest BCUT2D eigenvalue weighted by molar-refractivity contribution is 8.00.